The van der Waals surface area contributed by atoms with Crippen molar-refractivity contribution in [2.75, 3.05) is 10.6 Å². The van der Waals surface area contributed by atoms with E-state index in [1.807, 2.05) is 0 Å². The van der Waals surface area contributed by atoms with Crippen LogP contribution in [-0.4, -0.2) is 26.3 Å². The molecule has 2 aromatic carbocycles. The highest BCUT2D eigenvalue weighted by Crippen LogP contribution is 2.15. The van der Waals surface area contributed by atoms with Crippen molar-refractivity contribution in [1.82, 2.24) is 4.72 Å². The second-order valence-electron chi connectivity index (χ2n) is 6.40. The number of hydrogen-bond donors (Lipinski definition) is 3. The average molecular weight is 389 g/mol. The van der Waals surface area contributed by atoms with Crippen LogP contribution in [0.3, 0.4) is 0 Å². The van der Waals surface area contributed by atoms with Crippen LogP contribution in [-0.2, 0) is 26.0 Å². The van der Waals surface area contributed by atoms with Crippen LogP contribution in [0.1, 0.15) is 26.3 Å². The second-order valence-corrected chi connectivity index (χ2v) is 8.12. The van der Waals surface area contributed by atoms with Crippen molar-refractivity contribution in [3.63, 3.8) is 0 Å². The van der Waals surface area contributed by atoms with Crippen molar-refractivity contribution in [1.29, 1.82) is 0 Å². The molecule has 0 bridgehead atoms. The molecule has 2 aromatic rings. The molecule has 0 saturated carbocycles. The molecule has 7 nitrogen and oxygen atoms in total. The van der Waals surface area contributed by atoms with Crippen LogP contribution in [0, 0.1) is 0 Å². The molecule has 0 aliphatic heterocycles. The Labute approximate surface area is 159 Å². The van der Waals surface area contributed by atoms with E-state index in [0.717, 1.165) is 5.56 Å². The number of nitrogens with one attached hydrogen (secondary N) is 3. The normalized spacial score (nSPS) is 11.3. The molecule has 0 atom stereocenters. The maximum absolute atomic E-state index is 12.2. The fourth-order valence-corrected chi connectivity index (χ4v) is 3.65. The molecule has 0 heterocycles. The van der Waals surface area contributed by atoms with Crippen LogP contribution in [0.15, 0.2) is 53.4 Å². The number of amides is 2. The van der Waals surface area contributed by atoms with Gasteiger partial charge in [-0.25, -0.2) is 13.1 Å². The number of rotatable bonds is 7. The number of sulfonamides is 1. The number of benzene rings is 2. The number of anilines is 2. The van der Waals surface area contributed by atoms with Gasteiger partial charge in [0.25, 0.3) is 0 Å². The Morgan fingerprint density at radius 3 is 1.93 bits per heavy atom. The summed E-state index contributed by atoms with van der Waals surface area (Å²) in [5.41, 5.74) is 1.97. The Balaban J connectivity index is 1.97. The summed E-state index contributed by atoms with van der Waals surface area (Å²) in [6.45, 7) is 4.92. The molecule has 8 heteroatoms. The van der Waals surface area contributed by atoms with Gasteiger partial charge in [0.2, 0.25) is 21.8 Å². The van der Waals surface area contributed by atoms with Crippen molar-refractivity contribution in [3.8, 4) is 0 Å². The summed E-state index contributed by atoms with van der Waals surface area (Å²) in [6, 6.07) is 12.8. The topological polar surface area (TPSA) is 104 Å². The molecule has 0 spiro atoms. The highest BCUT2D eigenvalue weighted by molar-refractivity contribution is 7.89. The predicted octanol–water partition coefficient (Wildman–Crippen LogP) is 2.51. The molecule has 0 radical (unpaired) electrons. The quantitative estimate of drug-likeness (QED) is 0.677. The summed E-state index contributed by atoms with van der Waals surface area (Å²) >= 11 is 0. The third-order valence-electron chi connectivity index (χ3n) is 3.48. The highest BCUT2D eigenvalue weighted by Gasteiger charge is 2.15. The van der Waals surface area contributed by atoms with E-state index in [2.05, 4.69) is 15.4 Å². The van der Waals surface area contributed by atoms with Gasteiger partial charge in [-0.05, 0) is 55.8 Å². The molecule has 2 amide bonds. The zero-order valence-electron chi connectivity index (χ0n) is 15.4. The Kier molecular flexibility index (Phi) is 6.70. The average Bonchev–Trinajstić information content (AvgIpc) is 2.55. The van der Waals surface area contributed by atoms with Crippen molar-refractivity contribution in [2.45, 2.75) is 38.1 Å². The smallest absolute Gasteiger partial charge is 0.240 e. The van der Waals surface area contributed by atoms with E-state index in [-0.39, 0.29) is 29.2 Å². The van der Waals surface area contributed by atoms with Crippen LogP contribution in [0.5, 0.6) is 0 Å². The van der Waals surface area contributed by atoms with Crippen LogP contribution in [0.4, 0.5) is 11.4 Å². The van der Waals surface area contributed by atoms with Gasteiger partial charge in [-0.15, -0.1) is 0 Å². The third-order valence-corrected chi connectivity index (χ3v) is 5.15. The summed E-state index contributed by atoms with van der Waals surface area (Å²) in [4.78, 5) is 23.3. The van der Waals surface area contributed by atoms with Gasteiger partial charge in [0, 0.05) is 24.3 Å². The molecule has 3 N–H and O–H groups in total. The molecule has 0 aliphatic carbocycles. The zero-order valence-corrected chi connectivity index (χ0v) is 16.3. The number of hydrogen-bond acceptors (Lipinski definition) is 4. The SMILES string of the molecule is CC(=O)Nc1ccc(CC(=O)Nc2ccc(S(=O)(=O)NC(C)C)cc2)cc1. The molecule has 0 aromatic heterocycles. The Bertz CT molecular complexity index is 905. The van der Waals surface area contributed by atoms with Crippen LogP contribution in [0.2, 0.25) is 0 Å². The lowest BCUT2D eigenvalue weighted by Gasteiger charge is -2.10. The number of carbonyl (C=O) groups excluding carboxylic acids is 2. The van der Waals surface area contributed by atoms with Gasteiger partial charge in [-0.2, -0.15) is 0 Å². The highest BCUT2D eigenvalue weighted by atomic mass is 32.2. The summed E-state index contributed by atoms with van der Waals surface area (Å²) in [5, 5.41) is 5.39. The van der Waals surface area contributed by atoms with Crippen molar-refractivity contribution >= 4 is 33.2 Å². The largest absolute Gasteiger partial charge is 0.326 e. The van der Waals surface area contributed by atoms with Crippen molar-refractivity contribution in [2.24, 2.45) is 0 Å². The second kappa shape index (κ2) is 8.79. The van der Waals surface area contributed by atoms with E-state index in [0.29, 0.717) is 11.4 Å². The first kappa shape index (κ1) is 20.6. The van der Waals surface area contributed by atoms with E-state index in [1.54, 1.807) is 50.2 Å². The van der Waals surface area contributed by atoms with Crippen molar-refractivity contribution in [3.05, 3.63) is 54.1 Å². The minimum absolute atomic E-state index is 0.141. The van der Waals surface area contributed by atoms with Crippen LogP contribution in [0.25, 0.3) is 0 Å². The molecule has 0 saturated heterocycles. The maximum atomic E-state index is 12.2. The standard InChI is InChI=1S/C19H23N3O4S/c1-13(2)22-27(25,26)18-10-8-17(9-11-18)21-19(24)12-15-4-6-16(7-5-15)20-14(3)23/h4-11,13,22H,12H2,1-3H3,(H,20,23)(H,21,24). The molecule has 0 unspecified atom stereocenters. The maximum Gasteiger partial charge on any atom is 0.240 e. The molecular weight excluding hydrogens is 366 g/mol. The third kappa shape index (κ3) is 6.50. The summed E-state index contributed by atoms with van der Waals surface area (Å²) in [7, 11) is -3.56. The van der Waals surface area contributed by atoms with Gasteiger partial charge in [-0.3, -0.25) is 9.59 Å². The monoisotopic (exact) mass is 389 g/mol. The minimum Gasteiger partial charge on any atom is -0.326 e. The van der Waals surface area contributed by atoms with E-state index in [1.165, 1.54) is 19.1 Å². The summed E-state index contributed by atoms with van der Waals surface area (Å²) in [6.07, 6.45) is 0.162. The molecule has 27 heavy (non-hydrogen) atoms. The van der Waals surface area contributed by atoms with Gasteiger partial charge >= 0.3 is 0 Å². The predicted molar refractivity (Wildman–Crippen MR) is 105 cm³/mol. The van der Waals surface area contributed by atoms with Gasteiger partial charge < -0.3 is 10.6 Å². The van der Waals surface area contributed by atoms with E-state index < -0.39 is 10.0 Å². The lowest BCUT2D eigenvalue weighted by molar-refractivity contribution is -0.116. The van der Waals surface area contributed by atoms with Gasteiger partial charge in [0.1, 0.15) is 0 Å². The molecule has 0 fully saturated rings. The Morgan fingerprint density at radius 1 is 0.889 bits per heavy atom. The first-order chi connectivity index (χ1) is 12.7. The Hall–Kier alpha value is -2.71. The molecule has 2 rings (SSSR count). The lowest BCUT2D eigenvalue weighted by atomic mass is 10.1. The van der Waals surface area contributed by atoms with Crippen LogP contribution >= 0.6 is 0 Å². The number of carbonyl (C=O) groups is 2. The first-order valence-corrected chi connectivity index (χ1v) is 9.93. The Morgan fingerprint density at radius 2 is 1.41 bits per heavy atom. The van der Waals surface area contributed by atoms with Crippen molar-refractivity contribution < 1.29 is 18.0 Å². The lowest BCUT2D eigenvalue weighted by Crippen LogP contribution is -2.30. The van der Waals surface area contributed by atoms with E-state index in [4.69, 9.17) is 0 Å². The van der Waals surface area contributed by atoms with E-state index >= 15 is 0 Å². The molecule has 0 aliphatic rings. The van der Waals surface area contributed by atoms with Gasteiger partial charge in [-0.1, -0.05) is 12.1 Å². The van der Waals surface area contributed by atoms with Crippen LogP contribution < -0.4 is 15.4 Å². The first-order valence-electron chi connectivity index (χ1n) is 8.44. The molecule has 144 valence electrons. The fourth-order valence-electron chi connectivity index (χ4n) is 2.40. The zero-order chi connectivity index (χ0) is 20.0. The summed E-state index contributed by atoms with van der Waals surface area (Å²) < 4.78 is 26.7. The van der Waals surface area contributed by atoms with Gasteiger partial charge in [0.05, 0.1) is 11.3 Å². The van der Waals surface area contributed by atoms with Gasteiger partial charge in [0.15, 0.2) is 0 Å². The molecular formula is C19H23N3O4S. The summed E-state index contributed by atoms with van der Waals surface area (Å²) in [5.74, 6) is -0.382. The fraction of sp³-hybridized carbons (Fsp3) is 0.263. The van der Waals surface area contributed by atoms with E-state index in [9.17, 15) is 18.0 Å². The minimum atomic E-state index is -3.56.